The summed E-state index contributed by atoms with van der Waals surface area (Å²) in [7, 11) is 0. The Morgan fingerprint density at radius 2 is 1.73 bits per heavy atom. The topological polar surface area (TPSA) is 111 Å². The molecule has 0 radical (unpaired) electrons. The Balaban J connectivity index is 1.74. The molecule has 0 aromatic heterocycles. The molecule has 0 aliphatic heterocycles. The quantitative estimate of drug-likeness (QED) is 0.190. The van der Waals surface area contributed by atoms with E-state index in [0.29, 0.717) is 15.6 Å². The van der Waals surface area contributed by atoms with Crippen molar-refractivity contribution in [2.24, 2.45) is 5.10 Å². The number of ether oxygens (including phenoxy) is 1. The molecule has 0 aliphatic rings. The molecule has 0 atom stereocenters. The van der Waals surface area contributed by atoms with Crippen molar-refractivity contribution in [3.63, 3.8) is 0 Å². The number of nitrogens with one attached hydrogen (secondary N) is 1. The average Bonchev–Trinajstić information content (AvgIpc) is 2.76. The molecule has 0 saturated carbocycles. The van der Waals surface area contributed by atoms with Crippen molar-refractivity contribution in [3.05, 3.63) is 104 Å². The van der Waals surface area contributed by atoms with Crippen LogP contribution in [0.25, 0.3) is 0 Å². The summed E-state index contributed by atoms with van der Waals surface area (Å²) in [4.78, 5) is 34.7. The van der Waals surface area contributed by atoms with Crippen molar-refractivity contribution >= 4 is 39.7 Å². The Bertz CT molecular complexity index is 1130. The fraction of sp³-hybridized carbons (Fsp3) is 0. The highest BCUT2D eigenvalue weighted by atomic mass is 79.9. The van der Waals surface area contributed by atoms with E-state index in [2.05, 4.69) is 26.5 Å². The van der Waals surface area contributed by atoms with E-state index in [1.165, 1.54) is 24.4 Å². The van der Waals surface area contributed by atoms with Crippen LogP contribution >= 0.6 is 15.9 Å². The van der Waals surface area contributed by atoms with Crippen molar-refractivity contribution < 1.29 is 19.2 Å². The first-order valence-electron chi connectivity index (χ1n) is 8.58. The Hall–Kier alpha value is -3.85. The number of halogens is 1. The van der Waals surface area contributed by atoms with Gasteiger partial charge in [0.2, 0.25) is 0 Å². The van der Waals surface area contributed by atoms with Crippen LogP contribution in [0, 0.1) is 10.1 Å². The third-order valence-corrected chi connectivity index (χ3v) is 4.37. The molecule has 0 unspecified atom stereocenters. The van der Waals surface area contributed by atoms with E-state index in [1.807, 2.05) is 0 Å². The van der Waals surface area contributed by atoms with E-state index in [4.69, 9.17) is 4.74 Å². The molecule has 0 heterocycles. The molecule has 8 nitrogen and oxygen atoms in total. The molecular weight excluding hydrogens is 454 g/mol. The number of hydrogen-bond donors (Lipinski definition) is 1. The first-order chi connectivity index (χ1) is 14.4. The average molecular weight is 468 g/mol. The van der Waals surface area contributed by atoms with Crippen molar-refractivity contribution in [1.82, 2.24) is 5.43 Å². The number of esters is 1. The van der Waals surface area contributed by atoms with Crippen molar-refractivity contribution in [3.8, 4) is 5.75 Å². The first-order valence-corrected chi connectivity index (χ1v) is 9.38. The SMILES string of the molecule is O=C(NN=Cc1cc(Br)ccc1OC(=O)c1ccccc1)c1cccc([N+](=O)[O-])c1. The number of nitrogens with zero attached hydrogens (tertiary/aromatic N) is 2. The third kappa shape index (κ3) is 5.36. The Labute approximate surface area is 179 Å². The Kier molecular flexibility index (Phi) is 6.66. The number of nitro benzene ring substituents is 1. The summed E-state index contributed by atoms with van der Waals surface area (Å²) in [6, 6.07) is 18.7. The minimum absolute atomic E-state index is 0.0892. The molecule has 150 valence electrons. The zero-order chi connectivity index (χ0) is 21.5. The van der Waals surface area contributed by atoms with Crippen LogP contribution in [0.1, 0.15) is 26.3 Å². The van der Waals surface area contributed by atoms with Crippen LogP contribution in [0.4, 0.5) is 5.69 Å². The van der Waals surface area contributed by atoms with Gasteiger partial charge in [-0.2, -0.15) is 5.10 Å². The summed E-state index contributed by atoms with van der Waals surface area (Å²) < 4.78 is 6.15. The second-order valence-corrected chi connectivity index (χ2v) is 6.86. The molecule has 0 saturated heterocycles. The molecule has 3 aromatic rings. The summed E-state index contributed by atoms with van der Waals surface area (Å²) in [5.41, 5.74) is 3.02. The number of carbonyl (C=O) groups excluding carboxylic acids is 2. The van der Waals surface area contributed by atoms with Crippen LogP contribution < -0.4 is 10.2 Å². The lowest BCUT2D eigenvalue weighted by molar-refractivity contribution is -0.384. The largest absolute Gasteiger partial charge is 0.422 e. The van der Waals surface area contributed by atoms with Crippen molar-refractivity contribution in [1.29, 1.82) is 0 Å². The third-order valence-electron chi connectivity index (χ3n) is 3.87. The zero-order valence-corrected chi connectivity index (χ0v) is 16.9. The molecule has 30 heavy (non-hydrogen) atoms. The van der Waals surface area contributed by atoms with Crippen LogP contribution in [0.15, 0.2) is 82.4 Å². The van der Waals surface area contributed by atoms with Gasteiger partial charge in [-0.25, -0.2) is 10.2 Å². The van der Waals surface area contributed by atoms with Crippen molar-refractivity contribution in [2.75, 3.05) is 0 Å². The molecule has 0 spiro atoms. The second kappa shape index (κ2) is 9.57. The molecule has 3 aromatic carbocycles. The molecule has 9 heteroatoms. The van der Waals surface area contributed by atoms with E-state index in [-0.39, 0.29) is 17.0 Å². The maximum absolute atomic E-state index is 12.3. The van der Waals surface area contributed by atoms with E-state index < -0.39 is 16.8 Å². The van der Waals surface area contributed by atoms with Crippen LogP contribution in [0.2, 0.25) is 0 Å². The van der Waals surface area contributed by atoms with Gasteiger partial charge in [-0.3, -0.25) is 14.9 Å². The van der Waals surface area contributed by atoms with Gasteiger partial charge >= 0.3 is 5.97 Å². The summed E-state index contributed by atoms with van der Waals surface area (Å²) in [5.74, 6) is -0.901. The molecule has 1 N–H and O–H groups in total. The molecule has 0 fully saturated rings. The maximum Gasteiger partial charge on any atom is 0.343 e. The number of nitro groups is 1. The van der Waals surface area contributed by atoms with Gasteiger partial charge < -0.3 is 4.74 Å². The molecule has 0 aliphatic carbocycles. The number of benzene rings is 3. The van der Waals surface area contributed by atoms with Gasteiger partial charge in [0.05, 0.1) is 16.7 Å². The lowest BCUT2D eigenvalue weighted by atomic mass is 10.2. The van der Waals surface area contributed by atoms with Crippen LogP contribution in [-0.2, 0) is 0 Å². The van der Waals surface area contributed by atoms with Gasteiger partial charge in [0.1, 0.15) is 5.75 Å². The Morgan fingerprint density at radius 3 is 2.47 bits per heavy atom. The molecular formula is C21H14BrN3O5. The highest BCUT2D eigenvalue weighted by Gasteiger charge is 2.12. The highest BCUT2D eigenvalue weighted by molar-refractivity contribution is 9.10. The summed E-state index contributed by atoms with van der Waals surface area (Å²) in [5, 5.41) is 14.7. The number of hydrogen-bond acceptors (Lipinski definition) is 6. The number of hydrazone groups is 1. The fourth-order valence-electron chi connectivity index (χ4n) is 2.43. The van der Waals surface area contributed by atoms with E-state index >= 15 is 0 Å². The fourth-order valence-corrected chi connectivity index (χ4v) is 2.81. The lowest BCUT2D eigenvalue weighted by Crippen LogP contribution is -2.18. The predicted molar refractivity (Wildman–Crippen MR) is 114 cm³/mol. The number of amides is 1. The summed E-state index contributed by atoms with van der Waals surface area (Å²) in [6.45, 7) is 0. The summed E-state index contributed by atoms with van der Waals surface area (Å²) >= 11 is 3.33. The van der Waals surface area contributed by atoms with Gasteiger partial charge in [-0.1, -0.05) is 40.2 Å². The predicted octanol–water partition coefficient (Wildman–Crippen LogP) is 4.34. The molecule has 3 rings (SSSR count). The number of carbonyl (C=O) groups is 2. The summed E-state index contributed by atoms with van der Waals surface area (Å²) in [6.07, 6.45) is 1.31. The maximum atomic E-state index is 12.3. The minimum Gasteiger partial charge on any atom is -0.422 e. The van der Waals surface area contributed by atoms with Gasteiger partial charge in [0.25, 0.3) is 11.6 Å². The van der Waals surface area contributed by atoms with Crippen LogP contribution in [0.5, 0.6) is 5.75 Å². The van der Waals surface area contributed by atoms with Crippen LogP contribution in [0.3, 0.4) is 0 Å². The number of rotatable bonds is 6. The zero-order valence-electron chi connectivity index (χ0n) is 15.3. The normalized spacial score (nSPS) is 10.6. The van der Waals surface area contributed by atoms with Gasteiger partial charge in [-0.15, -0.1) is 0 Å². The smallest absolute Gasteiger partial charge is 0.343 e. The van der Waals surface area contributed by atoms with E-state index in [9.17, 15) is 19.7 Å². The highest BCUT2D eigenvalue weighted by Crippen LogP contribution is 2.23. The van der Waals surface area contributed by atoms with E-state index in [1.54, 1.807) is 48.5 Å². The number of non-ortho nitro benzene ring substituents is 1. The monoisotopic (exact) mass is 467 g/mol. The van der Waals surface area contributed by atoms with Crippen LogP contribution in [-0.4, -0.2) is 23.0 Å². The molecule has 1 amide bonds. The molecule has 0 bridgehead atoms. The lowest BCUT2D eigenvalue weighted by Gasteiger charge is -2.08. The van der Waals surface area contributed by atoms with Crippen molar-refractivity contribution in [2.45, 2.75) is 0 Å². The van der Waals surface area contributed by atoms with Gasteiger partial charge in [-0.05, 0) is 36.4 Å². The Morgan fingerprint density at radius 1 is 1.00 bits per heavy atom. The standard InChI is InChI=1S/C21H14BrN3O5/c22-17-9-10-19(30-21(27)14-5-2-1-3-6-14)16(11-17)13-23-24-20(26)15-7-4-8-18(12-15)25(28)29/h1-13H,(H,24,26). The second-order valence-electron chi connectivity index (χ2n) is 5.94. The van der Waals surface area contributed by atoms with Gasteiger partial charge in [0, 0.05) is 27.7 Å². The first kappa shape index (κ1) is 20.9. The minimum atomic E-state index is -0.618. The van der Waals surface area contributed by atoms with Gasteiger partial charge in [0.15, 0.2) is 0 Å². The van der Waals surface area contributed by atoms with E-state index in [0.717, 1.165) is 6.07 Å².